The molecule has 0 unspecified atom stereocenters. The summed E-state index contributed by atoms with van der Waals surface area (Å²) in [6, 6.07) is 6.35. The topological polar surface area (TPSA) is 87.4 Å². The summed E-state index contributed by atoms with van der Waals surface area (Å²) in [5, 5.41) is 7.65. The number of hydrogen-bond acceptors (Lipinski definition) is 5. The predicted octanol–water partition coefficient (Wildman–Crippen LogP) is 2.17. The van der Waals surface area contributed by atoms with E-state index < -0.39 is 0 Å². The number of hydrazone groups is 1. The van der Waals surface area contributed by atoms with E-state index in [1.165, 1.54) is 23.1 Å². The second-order valence-corrected chi connectivity index (χ2v) is 4.88. The van der Waals surface area contributed by atoms with Crippen molar-refractivity contribution in [1.29, 1.82) is 0 Å². The molecular weight excluding hydrogens is 315 g/mol. The Labute approximate surface area is 128 Å². The van der Waals surface area contributed by atoms with Crippen LogP contribution < -0.4 is 11.0 Å². The van der Waals surface area contributed by atoms with E-state index in [1.807, 2.05) is 0 Å². The van der Waals surface area contributed by atoms with Crippen molar-refractivity contribution in [2.45, 2.75) is 0 Å². The summed E-state index contributed by atoms with van der Waals surface area (Å²) in [6.07, 6.45) is 2.89. The molecule has 7 nitrogen and oxygen atoms in total. The van der Waals surface area contributed by atoms with Crippen LogP contribution in [0.1, 0.15) is 5.56 Å². The van der Waals surface area contributed by atoms with E-state index in [2.05, 4.69) is 25.6 Å². The van der Waals surface area contributed by atoms with E-state index in [9.17, 15) is 4.79 Å². The first-order valence-corrected chi connectivity index (χ1v) is 6.56. The van der Waals surface area contributed by atoms with Crippen LogP contribution in [0.2, 0.25) is 10.0 Å². The zero-order chi connectivity index (χ0) is 14.8. The number of benzene rings is 1. The van der Waals surface area contributed by atoms with Crippen molar-refractivity contribution in [2.24, 2.45) is 5.10 Å². The number of fused-ring (bicyclic) bond motifs is 1. The number of aromatic nitrogens is 4. The Morgan fingerprint density at radius 1 is 1.33 bits per heavy atom. The molecule has 21 heavy (non-hydrogen) atoms. The maximum Gasteiger partial charge on any atom is 0.276 e. The summed E-state index contributed by atoms with van der Waals surface area (Å²) >= 11 is 11.8. The van der Waals surface area contributed by atoms with Gasteiger partial charge in [-0.25, -0.2) is 4.98 Å². The molecule has 3 rings (SSSR count). The van der Waals surface area contributed by atoms with E-state index in [0.717, 1.165) is 0 Å². The van der Waals surface area contributed by atoms with Gasteiger partial charge in [-0.2, -0.15) is 14.6 Å². The first-order valence-electron chi connectivity index (χ1n) is 5.81. The van der Waals surface area contributed by atoms with E-state index >= 15 is 0 Å². The standard InChI is InChI=1S/C12H8Cl2N6O/c13-8-2-1-7(9(14)3-8)5-16-19-10-4-11(21)20-12(18-10)15-6-17-20/h1-6,19H,(H,15,17,18)/b16-5+. The second kappa shape index (κ2) is 5.55. The number of hydrogen-bond donors (Lipinski definition) is 2. The summed E-state index contributed by atoms with van der Waals surface area (Å²) in [4.78, 5) is 19.7. The molecule has 2 N–H and O–H groups in total. The van der Waals surface area contributed by atoms with Crippen LogP contribution in [0.5, 0.6) is 0 Å². The van der Waals surface area contributed by atoms with Crippen molar-refractivity contribution in [3.05, 3.63) is 56.6 Å². The summed E-state index contributed by atoms with van der Waals surface area (Å²) in [5.41, 5.74) is 3.05. The molecule has 3 aromatic rings. The van der Waals surface area contributed by atoms with Crippen molar-refractivity contribution in [2.75, 3.05) is 5.43 Å². The Bertz CT molecular complexity index is 885. The molecule has 0 aliphatic rings. The van der Waals surface area contributed by atoms with Crippen LogP contribution in [0.3, 0.4) is 0 Å². The monoisotopic (exact) mass is 322 g/mol. The molecule has 1 aromatic carbocycles. The van der Waals surface area contributed by atoms with Crippen LogP contribution in [-0.4, -0.2) is 25.8 Å². The molecule has 2 heterocycles. The van der Waals surface area contributed by atoms with Crippen molar-refractivity contribution >= 4 is 41.0 Å². The van der Waals surface area contributed by atoms with Crippen molar-refractivity contribution < 1.29 is 0 Å². The highest BCUT2D eigenvalue weighted by atomic mass is 35.5. The van der Waals surface area contributed by atoms with Crippen molar-refractivity contribution in [1.82, 2.24) is 19.6 Å². The zero-order valence-corrected chi connectivity index (χ0v) is 11.9. The van der Waals surface area contributed by atoms with Gasteiger partial charge in [-0.3, -0.25) is 15.3 Å². The third kappa shape index (κ3) is 2.88. The highest BCUT2D eigenvalue weighted by Crippen LogP contribution is 2.19. The van der Waals surface area contributed by atoms with Crippen LogP contribution in [0, 0.1) is 0 Å². The number of aromatic amines is 1. The van der Waals surface area contributed by atoms with Crippen LogP contribution in [0.25, 0.3) is 5.78 Å². The lowest BCUT2D eigenvalue weighted by atomic mass is 10.2. The van der Waals surface area contributed by atoms with Gasteiger partial charge in [-0.1, -0.05) is 29.3 Å². The maximum absolute atomic E-state index is 11.7. The molecule has 0 atom stereocenters. The second-order valence-electron chi connectivity index (χ2n) is 4.04. The molecule has 0 amide bonds. The Morgan fingerprint density at radius 2 is 2.19 bits per heavy atom. The van der Waals surface area contributed by atoms with E-state index in [-0.39, 0.29) is 17.2 Å². The fourth-order valence-electron chi connectivity index (χ4n) is 1.65. The minimum Gasteiger partial charge on any atom is -0.278 e. The number of H-pyrrole nitrogens is 1. The molecule has 0 saturated carbocycles. The average Bonchev–Trinajstić information content (AvgIpc) is 2.90. The molecule has 0 radical (unpaired) electrons. The van der Waals surface area contributed by atoms with E-state index in [1.54, 1.807) is 18.2 Å². The normalized spacial score (nSPS) is 11.3. The molecule has 0 aliphatic carbocycles. The first kappa shape index (κ1) is 13.6. The largest absolute Gasteiger partial charge is 0.278 e. The fourth-order valence-corrected chi connectivity index (χ4v) is 2.11. The molecule has 0 aliphatic heterocycles. The Balaban J connectivity index is 1.82. The van der Waals surface area contributed by atoms with Gasteiger partial charge in [0.2, 0.25) is 0 Å². The minimum atomic E-state index is -0.292. The fraction of sp³-hybridized carbons (Fsp3) is 0. The molecule has 9 heteroatoms. The lowest BCUT2D eigenvalue weighted by Crippen LogP contribution is -2.15. The number of nitrogens with one attached hydrogen (secondary N) is 2. The lowest BCUT2D eigenvalue weighted by Gasteiger charge is -2.00. The highest BCUT2D eigenvalue weighted by Gasteiger charge is 2.03. The number of halogens is 2. The SMILES string of the molecule is O=c1cc(N/N=C/c2ccc(Cl)cc2Cl)nc2nc[nH]n12. The van der Waals surface area contributed by atoms with Crippen LogP contribution in [-0.2, 0) is 0 Å². The van der Waals surface area contributed by atoms with Crippen LogP contribution >= 0.6 is 23.2 Å². The molecule has 0 bridgehead atoms. The number of anilines is 1. The van der Waals surface area contributed by atoms with Gasteiger partial charge >= 0.3 is 0 Å². The third-order valence-corrected chi connectivity index (χ3v) is 3.18. The Hall–Kier alpha value is -2.38. The zero-order valence-electron chi connectivity index (χ0n) is 10.4. The summed E-state index contributed by atoms with van der Waals surface area (Å²) in [5.74, 6) is 0.540. The quantitative estimate of drug-likeness (QED) is 0.571. The molecule has 106 valence electrons. The average molecular weight is 323 g/mol. The predicted molar refractivity (Wildman–Crippen MR) is 81.3 cm³/mol. The number of rotatable bonds is 3. The summed E-state index contributed by atoms with van der Waals surface area (Å²) in [6.45, 7) is 0. The van der Waals surface area contributed by atoms with Gasteiger partial charge < -0.3 is 0 Å². The smallest absolute Gasteiger partial charge is 0.276 e. The van der Waals surface area contributed by atoms with Gasteiger partial charge in [-0.15, -0.1) is 0 Å². The molecule has 2 aromatic heterocycles. The van der Waals surface area contributed by atoms with Gasteiger partial charge in [0, 0.05) is 16.7 Å². The molecule has 0 spiro atoms. The van der Waals surface area contributed by atoms with Gasteiger partial charge in [0.25, 0.3) is 11.3 Å². The van der Waals surface area contributed by atoms with Crippen LogP contribution in [0.4, 0.5) is 5.82 Å². The lowest BCUT2D eigenvalue weighted by molar-refractivity contribution is 0.899. The minimum absolute atomic E-state index is 0.254. The maximum atomic E-state index is 11.7. The van der Waals surface area contributed by atoms with Gasteiger partial charge in [-0.05, 0) is 12.1 Å². The van der Waals surface area contributed by atoms with Gasteiger partial charge in [0.15, 0.2) is 5.82 Å². The van der Waals surface area contributed by atoms with Crippen LogP contribution in [0.15, 0.2) is 40.5 Å². The first-order chi connectivity index (χ1) is 10.1. The molecular formula is C12H8Cl2N6O. The Morgan fingerprint density at radius 3 is 3.00 bits per heavy atom. The van der Waals surface area contributed by atoms with Crippen molar-refractivity contribution in [3.8, 4) is 0 Å². The Kier molecular flexibility index (Phi) is 3.59. The molecule has 0 saturated heterocycles. The van der Waals surface area contributed by atoms with Crippen molar-refractivity contribution in [3.63, 3.8) is 0 Å². The molecule has 0 fully saturated rings. The van der Waals surface area contributed by atoms with E-state index in [0.29, 0.717) is 15.6 Å². The van der Waals surface area contributed by atoms with E-state index in [4.69, 9.17) is 23.2 Å². The van der Waals surface area contributed by atoms with Gasteiger partial charge in [0.1, 0.15) is 6.33 Å². The third-order valence-electron chi connectivity index (χ3n) is 2.61. The van der Waals surface area contributed by atoms with Gasteiger partial charge in [0.05, 0.1) is 11.2 Å². The summed E-state index contributed by atoms with van der Waals surface area (Å²) in [7, 11) is 0. The summed E-state index contributed by atoms with van der Waals surface area (Å²) < 4.78 is 1.21. The number of nitrogens with zero attached hydrogens (tertiary/aromatic N) is 4. The highest BCUT2D eigenvalue weighted by molar-refractivity contribution is 6.36.